The van der Waals surface area contributed by atoms with E-state index in [0.29, 0.717) is 28.4 Å². The molecule has 1 unspecified atom stereocenters. The van der Waals surface area contributed by atoms with Gasteiger partial charge in [-0.25, -0.2) is 4.79 Å². The van der Waals surface area contributed by atoms with Gasteiger partial charge in [-0.05, 0) is 62.1 Å². The van der Waals surface area contributed by atoms with E-state index in [2.05, 4.69) is 0 Å². The number of amides is 2. The molecular formula is C27H29ClN2O4. The van der Waals surface area contributed by atoms with Gasteiger partial charge >= 0.3 is 5.97 Å². The molecule has 1 fully saturated rings. The van der Waals surface area contributed by atoms with Crippen LogP contribution in [-0.4, -0.2) is 47.3 Å². The van der Waals surface area contributed by atoms with Crippen molar-refractivity contribution in [1.82, 2.24) is 9.80 Å². The predicted molar refractivity (Wildman–Crippen MR) is 130 cm³/mol. The summed E-state index contributed by atoms with van der Waals surface area (Å²) in [6.07, 6.45) is 2.26. The molecule has 2 heterocycles. The summed E-state index contributed by atoms with van der Waals surface area (Å²) in [5, 5.41) is 0.595. The Morgan fingerprint density at radius 1 is 1.03 bits per heavy atom. The minimum absolute atomic E-state index is 0.0459. The van der Waals surface area contributed by atoms with Gasteiger partial charge in [-0.1, -0.05) is 35.9 Å². The highest BCUT2D eigenvalue weighted by molar-refractivity contribution is 6.30. The molecule has 0 radical (unpaired) electrons. The normalized spacial score (nSPS) is 18.4. The second-order valence-electron chi connectivity index (χ2n) is 8.70. The minimum atomic E-state index is -0.413. The zero-order valence-corrected chi connectivity index (χ0v) is 20.3. The van der Waals surface area contributed by atoms with E-state index in [1.165, 1.54) is 0 Å². The van der Waals surface area contributed by atoms with Gasteiger partial charge in [0.05, 0.1) is 18.7 Å². The number of esters is 1. The Labute approximate surface area is 205 Å². The van der Waals surface area contributed by atoms with Crippen LogP contribution in [0.15, 0.2) is 59.8 Å². The van der Waals surface area contributed by atoms with Crippen LogP contribution in [0.2, 0.25) is 5.02 Å². The van der Waals surface area contributed by atoms with Gasteiger partial charge in [0, 0.05) is 41.7 Å². The van der Waals surface area contributed by atoms with Crippen LogP contribution >= 0.6 is 11.6 Å². The lowest BCUT2D eigenvalue weighted by molar-refractivity contribution is -0.140. The number of rotatable bonds is 6. The van der Waals surface area contributed by atoms with E-state index in [9.17, 15) is 14.4 Å². The number of ether oxygens (including phenoxy) is 1. The van der Waals surface area contributed by atoms with E-state index in [0.717, 1.165) is 37.1 Å². The maximum atomic E-state index is 13.2. The van der Waals surface area contributed by atoms with Gasteiger partial charge in [-0.15, -0.1) is 0 Å². The van der Waals surface area contributed by atoms with Gasteiger partial charge in [0.2, 0.25) is 5.91 Å². The third kappa shape index (κ3) is 5.02. The number of allylic oxidation sites excluding steroid dienone is 1. The van der Waals surface area contributed by atoms with Crippen LogP contribution in [0.1, 0.15) is 60.5 Å². The molecule has 0 N–H and O–H groups in total. The Balaban J connectivity index is 1.59. The number of hydrogen-bond acceptors (Lipinski definition) is 4. The van der Waals surface area contributed by atoms with Crippen LogP contribution in [0, 0.1) is 0 Å². The molecule has 4 rings (SSSR count). The molecule has 1 atom stereocenters. The molecule has 2 aromatic carbocycles. The molecule has 2 aliphatic rings. The maximum Gasteiger partial charge on any atom is 0.336 e. The monoisotopic (exact) mass is 480 g/mol. The number of likely N-dealkylation sites (tertiary alicyclic amines) is 1. The first-order chi connectivity index (χ1) is 16.4. The van der Waals surface area contributed by atoms with E-state index in [1.807, 2.05) is 41.3 Å². The molecule has 1 saturated heterocycles. The molecule has 7 heteroatoms. The summed E-state index contributed by atoms with van der Waals surface area (Å²) in [7, 11) is 0. The molecule has 0 bridgehead atoms. The van der Waals surface area contributed by atoms with Crippen LogP contribution < -0.4 is 0 Å². The standard InChI is InChI=1S/C27H29ClN2O4/c1-3-34-27(33)25-18(2)30(24(31)16-23(25)20-10-12-22(28)13-11-20)17-19-6-8-21(9-7-19)26(32)29-14-4-5-15-29/h6-13,23H,3-5,14-17H2,1-2H3. The molecule has 2 aromatic rings. The van der Waals surface area contributed by atoms with Crippen molar-refractivity contribution in [1.29, 1.82) is 0 Å². The Morgan fingerprint density at radius 3 is 2.29 bits per heavy atom. The first-order valence-electron chi connectivity index (χ1n) is 11.7. The molecule has 2 amide bonds. The minimum Gasteiger partial charge on any atom is -0.463 e. The molecule has 0 saturated carbocycles. The van der Waals surface area contributed by atoms with Crippen molar-refractivity contribution in [3.63, 3.8) is 0 Å². The number of halogens is 1. The molecular weight excluding hydrogens is 452 g/mol. The lowest BCUT2D eigenvalue weighted by atomic mass is 9.83. The SMILES string of the molecule is CCOC(=O)C1=C(C)N(Cc2ccc(C(=O)N3CCCC3)cc2)C(=O)CC1c1ccc(Cl)cc1. The summed E-state index contributed by atoms with van der Waals surface area (Å²) in [5.41, 5.74) is 3.47. The predicted octanol–water partition coefficient (Wildman–Crippen LogP) is 4.93. The summed E-state index contributed by atoms with van der Waals surface area (Å²) in [5.74, 6) is -0.822. The summed E-state index contributed by atoms with van der Waals surface area (Å²) < 4.78 is 5.35. The van der Waals surface area contributed by atoms with Crippen LogP contribution in [0.4, 0.5) is 0 Å². The Hall–Kier alpha value is -3.12. The van der Waals surface area contributed by atoms with Crippen molar-refractivity contribution in [2.75, 3.05) is 19.7 Å². The number of benzene rings is 2. The van der Waals surface area contributed by atoms with Gasteiger partial charge in [0.15, 0.2) is 0 Å². The molecule has 0 aliphatic carbocycles. The third-order valence-corrected chi connectivity index (χ3v) is 6.78. The molecule has 178 valence electrons. The van der Waals surface area contributed by atoms with Gasteiger partial charge in [0.1, 0.15) is 0 Å². The maximum absolute atomic E-state index is 13.2. The second-order valence-corrected chi connectivity index (χ2v) is 9.14. The zero-order chi connectivity index (χ0) is 24.2. The molecule has 6 nitrogen and oxygen atoms in total. The van der Waals surface area contributed by atoms with E-state index in [-0.39, 0.29) is 30.8 Å². The molecule has 0 spiro atoms. The Morgan fingerprint density at radius 2 is 1.68 bits per heavy atom. The third-order valence-electron chi connectivity index (χ3n) is 6.53. The highest BCUT2D eigenvalue weighted by Crippen LogP contribution is 2.38. The van der Waals surface area contributed by atoms with E-state index < -0.39 is 5.97 Å². The van der Waals surface area contributed by atoms with Crippen molar-refractivity contribution in [2.45, 2.75) is 45.6 Å². The largest absolute Gasteiger partial charge is 0.463 e. The van der Waals surface area contributed by atoms with Crippen molar-refractivity contribution < 1.29 is 19.1 Å². The lowest BCUT2D eigenvalue weighted by Crippen LogP contribution is -2.38. The van der Waals surface area contributed by atoms with Gasteiger partial charge < -0.3 is 14.5 Å². The number of nitrogens with zero attached hydrogens (tertiary/aromatic N) is 2. The van der Waals surface area contributed by atoms with Crippen molar-refractivity contribution in [3.05, 3.63) is 81.5 Å². The molecule has 0 aromatic heterocycles. The zero-order valence-electron chi connectivity index (χ0n) is 19.6. The quantitative estimate of drug-likeness (QED) is 0.550. The van der Waals surface area contributed by atoms with Crippen LogP contribution in [-0.2, 0) is 20.9 Å². The fourth-order valence-electron chi connectivity index (χ4n) is 4.69. The summed E-state index contributed by atoms with van der Waals surface area (Å²) in [4.78, 5) is 42.2. The smallest absolute Gasteiger partial charge is 0.336 e. The lowest BCUT2D eigenvalue weighted by Gasteiger charge is -2.34. The highest BCUT2D eigenvalue weighted by atomic mass is 35.5. The summed E-state index contributed by atoms with van der Waals surface area (Å²) >= 11 is 6.03. The van der Waals surface area contributed by atoms with Crippen molar-refractivity contribution in [2.24, 2.45) is 0 Å². The number of carbonyl (C=O) groups excluding carboxylic acids is 3. The van der Waals surface area contributed by atoms with Crippen molar-refractivity contribution >= 4 is 29.4 Å². The Bertz CT molecular complexity index is 1100. The molecule has 34 heavy (non-hydrogen) atoms. The first-order valence-corrected chi connectivity index (χ1v) is 12.1. The first kappa shape index (κ1) is 24.0. The Kier molecular flexibility index (Phi) is 7.37. The average Bonchev–Trinajstić information content (AvgIpc) is 3.37. The van der Waals surface area contributed by atoms with E-state index in [4.69, 9.17) is 16.3 Å². The fraction of sp³-hybridized carbons (Fsp3) is 0.370. The van der Waals surface area contributed by atoms with Gasteiger partial charge in [-0.3, -0.25) is 9.59 Å². The van der Waals surface area contributed by atoms with Crippen LogP contribution in [0.3, 0.4) is 0 Å². The topological polar surface area (TPSA) is 66.9 Å². The van der Waals surface area contributed by atoms with Crippen LogP contribution in [0.5, 0.6) is 0 Å². The van der Waals surface area contributed by atoms with E-state index in [1.54, 1.807) is 30.9 Å². The van der Waals surface area contributed by atoms with E-state index >= 15 is 0 Å². The number of hydrogen-bond donors (Lipinski definition) is 0. The fourth-order valence-corrected chi connectivity index (χ4v) is 4.82. The average molecular weight is 481 g/mol. The summed E-state index contributed by atoms with van der Waals surface area (Å²) in [6.45, 7) is 5.73. The van der Waals surface area contributed by atoms with Gasteiger partial charge in [0.25, 0.3) is 5.91 Å². The second kappa shape index (κ2) is 10.4. The molecule has 2 aliphatic heterocycles. The van der Waals surface area contributed by atoms with Crippen molar-refractivity contribution in [3.8, 4) is 0 Å². The highest BCUT2D eigenvalue weighted by Gasteiger charge is 2.36. The van der Waals surface area contributed by atoms with Gasteiger partial charge in [-0.2, -0.15) is 0 Å². The number of carbonyl (C=O) groups is 3. The summed E-state index contributed by atoms with van der Waals surface area (Å²) in [6, 6.07) is 14.6. The van der Waals surface area contributed by atoms with Crippen LogP contribution in [0.25, 0.3) is 0 Å².